The fourth-order valence-electron chi connectivity index (χ4n) is 2.34. The second-order valence-electron chi connectivity index (χ2n) is 4.70. The van der Waals surface area contributed by atoms with Gasteiger partial charge < -0.3 is 14.9 Å². The van der Waals surface area contributed by atoms with Gasteiger partial charge in [-0.15, -0.1) is 0 Å². The number of nitrogens with zero attached hydrogens (tertiary/aromatic N) is 1. The molecule has 1 amide bonds. The Bertz CT molecular complexity index is 718. The van der Waals surface area contributed by atoms with Crippen LogP contribution >= 0.6 is 0 Å². The van der Waals surface area contributed by atoms with Gasteiger partial charge in [-0.2, -0.15) is 0 Å². The van der Waals surface area contributed by atoms with E-state index in [-0.39, 0.29) is 17.2 Å². The van der Waals surface area contributed by atoms with Crippen molar-refractivity contribution in [3.05, 3.63) is 35.0 Å². The van der Waals surface area contributed by atoms with E-state index >= 15 is 0 Å². The number of hydrogen-bond donors (Lipinski definition) is 2. The number of benzene rings is 1. The Hall–Kier alpha value is -2.63. The van der Waals surface area contributed by atoms with Crippen LogP contribution in [0.2, 0.25) is 0 Å². The third kappa shape index (κ3) is 1.95. The maximum Gasteiger partial charge on any atom is 0.341 e. The van der Waals surface area contributed by atoms with Crippen LogP contribution in [0.1, 0.15) is 28.0 Å². The third-order valence-corrected chi connectivity index (χ3v) is 3.34. The highest BCUT2D eigenvalue weighted by Crippen LogP contribution is 2.31. The van der Waals surface area contributed by atoms with Gasteiger partial charge >= 0.3 is 5.97 Å². The summed E-state index contributed by atoms with van der Waals surface area (Å²) in [4.78, 5) is 22.6. The SMILES string of the molecule is Cc1noc(-c2ccc3c(c2)CCC(=O)N3)c1C(=O)O. The molecule has 0 saturated carbocycles. The number of carbonyl (C=O) groups is 2. The van der Waals surface area contributed by atoms with Crippen LogP contribution in [-0.2, 0) is 11.2 Å². The number of aromatic nitrogens is 1. The molecule has 2 heterocycles. The molecule has 3 rings (SSSR count). The van der Waals surface area contributed by atoms with Crippen molar-refractivity contribution in [3.8, 4) is 11.3 Å². The van der Waals surface area contributed by atoms with Crippen LogP contribution < -0.4 is 5.32 Å². The van der Waals surface area contributed by atoms with Crippen LogP contribution in [0, 0.1) is 6.92 Å². The van der Waals surface area contributed by atoms with Gasteiger partial charge in [-0.3, -0.25) is 4.79 Å². The maximum absolute atomic E-state index is 11.3. The van der Waals surface area contributed by atoms with E-state index in [0.29, 0.717) is 24.1 Å². The van der Waals surface area contributed by atoms with Gasteiger partial charge in [0.05, 0.1) is 5.69 Å². The predicted octanol–water partition coefficient (Wildman–Crippen LogP) is 2.23. The highest BCUT2D eigenvalue weighted by atomic mass is 16.5. The molecule has 1 aliphatic rings. The number of nitrogens with one attached hydrogen (secondary N) is 1. The lowest BCUT2D eigenvalue weighted by atomic mass is 9.98. The van der Waals surface area contributed by atoms with E-state index in [1.807, 2.05) is 6.07 Å². The topological polar surface area (TPSA) is 92.4 Å². The number of rotatable bonds is 2. The van der Waals surface area contributed by atoms with Gasteiger partial charge in [-0.1, -0.05) is 5.16 Å². The van der Waals surface area contributed by atoms with Gasteiger partial charge in [0.2, 0.25) is 5.91 Å². The Kier molecular flexibility index (Phi) is 2.78. The van der Waals surface area contributed by atoms with Crippen LogP contribution in [0.4, 0.5) is 5.69 Å². The first kappa shape index (κ1) is 12.4. The smallest absolute Gasteiger partial charge is 0.341 e. The van der Waals surface area contributed by atoms with E-state index in [1.165, 1.54) is 0 Å². The Morgan fingerprint density at radius 2 is 2.20 bits per heavy atom. The van der Waals surface area contributed by atoms with Gasteiger partial charge in [0, 0.05) is 17.7 Å². The summed E-state index contributed by atoms with van der Waals surface area (Å²) in [5, 5.41) is 15.7. The van der Waals surface area contributed by atoms with Gasteiger partial charge in [-0.05, 0) is 37.1 Å². The Labute approximate surface area is 114 Å². The van der Waals surface area contributed by atoms with Gasteiger partial charge in [0.25, 0.3) is 0 Å². The monoisotopic (exact) mass is 272 g/mol. The summed E-state index contributed by atoms with van der Waals surface area (Å²) in [5.74, 6) is -0.827. The molecule has 0 fully saturated rings. The summed E-state index contributed by atoms with van der Waals surface area (Å²) in [7, 11) is 0. The van der Waals surface area contributed by atoms with Gasteiger partial charge in [-0.25, -0.2) is 4.79 Å². The fourth-order valence-corrected chi connectivity index (χ4v) is 2.34. The lowest BCUT2D eigenvalue weighted by molar-refractivity contribution is -0.116. The molecule has 6 nitrogen and oxygen atoms in total. The molecule has 2 aromatic rings. The Morgan fingerprint density at radius 3 is 2.95 bits per heavy atom. The van der Waals surface area contributed by atoms with Crippen molar-refractivity contribution < 1.29 is 19.2 Å². The number of aromatic carboxylic acids is 1. The summed E-state index contributed by atoms with van der Waals surface area (Å²) in [6.45, 7) is 1.59. The quantitative estimate of drug-likeness (QED) is 0.874. The first-order chi connectivity index (χ1) is 9.56. The average Bonchev–Trinajstić information content (AvgIpc) is 2.80. The standard InChI is InChI=1S/C14H12N2O4/c1-7-12(14(18)19)13(20-16-7)9-2-4-10-8(6-9)3-5-11(17)15-10/h2,4,6H,3,5H2,1H3,(H,15,17)(H,18,19). The lowest BCUT2D eigenvalue weighted by Gasteiger charge is -2.17. The van der Waals surface area contributed by atoms with E-state index in [0.717, 1.165) is 11.3 Å². The predicted molar refractivity (Wildman–Crippen MR) is 70.6 cm³/mol. The zero-order valence-electron chi connectivity index (χ0n) is 10.8. The first-order valence-corrected chi connectivity index (χ1v) is 6.19. The van der Waals surface area contributed by atoms with Crippen molar-refractivity contribution in [2.24, 2.45) is 0 Å². The van der Waals surface area contributed by atoms with E-state index < -0.39 is 5.97 Å². The molecule has 20 heavy (non-hydrogen) atoms. The second kappa shape index (κ2) is 4.48. The zero-order valence-corrected chi connectivity index (χ0v) is 10.8. The highest BCUT2D eigenvalue weighted by Gasteiger charge is 2.23. The minimum Gasteiger partial charge on any atom is -0.477 e. The maximum atomic E-state index is 11.3. The fraction of sp³-hybridized carbons (Fsp3) is 0.214. The van der Waals surface area contributed by atoms with Gasteiger partial charge in [0.15, 0.2) is 5.76 Å². The number of hydrogen-bond acceptors (Lipinski definition) is 4. The third-order valence-electron chi connectivity index (χ3n) is 3.34. The molecule has 0 saturated heterocycles. The van der Waals surface area contributed by atoms with Crippen LogP contribution in [-0.4, -0.2) is 22.1 Å². The molecule has 1 aromatic heterocycles. The summed E-state index contributed by atoms with van der Waals surface area (Å²) in [5.41, 5.74) is 2.80. The second-order valence-corrected chi connectivity index (χ2v) is 4.70. The molecule has 0 aliphatic carbocycles. The van der Waals surface area contributed by atoms with E-state index in [9.17, 15) is 14.7 Å². The number of fused-ring (bicyclic) bond motifs is 1. The largest absolute Gasteiger partial charge is 0.477 e. The zero-order chi connectivity index (χ0) is 14.3. The molecule has 0 radical (unpaired) electrons. The van der Waals surface area contributed by atoms with Crippen molar-refractivity contribution in [1.29, 1.82) is 0 Å². The molecule has 0 spiro atoms. The molecule has 102 valence electrons. The minimum absolute atomic E-state index is 0.00742. The van der Waals surface area contributed by atoms with Crippen molar-refractivity contribution in [2.45, 2.75) is 19.8 Å². The van der Waals surface area contributed by atoms with Crippen LogP contribution in [0.3, 0.4) is 0 Å². The normalized spacial score (nSPS) is 13.8. The van der Waals surface area contributed by atoms with Crippen LogP contribution in [0.15, 0.2) is 22.7 Å². The first-order valence-electron chi connectivity index (χ1n) is 6.19. The molecule has 0 atom stereocenters. The van der Waals surface area contributed by atoms with Crippen molar-refractivity contribution in [3.63, 3.8) is 0 Å². The molecule has 1 aliphatic heterocycles. The van der Waals surface area contributed by atoms with Crippen molar-refractivity contribution >= 4 is 17.6 Å². The molecular formula is C14H12N2O4. The van der Waals surface area contributed by atoms with Crippen LogP contribution in [0.5, 0.6) is 0 Å². The average molecular weight is 272 g/mol. The Morgan fingerprint density at radius 1 is 1.40 bits per heavy atom. The number of anilines is 1. The molecular weight excluding hydrogens is 260 g/mol. The Balaban J connectivity index is 2.08. The van der Waals surface area contributed by atoms with Crippen molar-refractivity contribution in [2.75, 3.05) is 5.32 Å². The number of carboxylic acid groups (broad SMARTS) is 1. The molecule has 6 heteroatoms. The molecule has 2 N–H and O–H groups in total. The number of carboxylic acids is 1. The van der Waals surface area contributed by atoms with Gasteiger partial charge in [0.1, 0.15) is 5.56 Å². The molecule has 0 unspecified atom stereocenters. The number of aryl methyl sites for hydroxylation is 2. The number of carbonyl (C=O) groups excluding carboxylic acids is 1. The van der Waals surface area contributed by atoms with Crippen LogP contribution in [0.25, 0.3) is 11.3 Å². The van der Waals surface area contributed by atoms with E-state index in [4.69, 9.17) is 4.52 Å². The summed E-state index contributed by atoms with van der Waals surface area (Å²) in [6, 6.07) is 5.31. The summed E-state index contributed by atoms with van der Waals surface area (Å²) in [6.07, 6.45) is 1.06. The summed E-state index contributed by atoms with van der Waals surface area (Å²) < 4.78 is 5.14. The highest BCUT2D eigenvalue weighted by molar-refractivity contribution is 5.97. The number of amides is 1. The van der Waals surface area contributed by atoms with Crippen molar-refractivity contribution in [1.82, 2.24) is 5.16 Å². The molecule has 0 bridgehead atoms. The lowest BCUT2D eigenvalue weighted by Crippen LogP contribution is -2.18. The summed E-state index contributed by atoms with van der Waals surface area (Å²) >= 11 is 0. The van der Waals surface area contributed by atoms with E-state index in [1.54, 1.807) is 19.1 Å². The van der Waals surface area contributed by atoms with E-state index in [2.05, 4.69) is 10.5 Å². The minimum atomic E-state index is -1.07. The molecule has 1 aromatic carbocycles.